The van der Waals surface area contributed by atoms with Gasteiger partial charge in [-0.1, -0.05) is 277 Å². The van der Waals surface area contributed by atoms with Gasteiger partial charge in [0.15, 0.2) is 0 Å². The van der Waals surface area contributed by atoms with Crippen LogP contribution in [0.5, 0.6) is 0 Å². The van der Waals surface area contributed by atoms with E-state index in [2.05, 4.69) is 329 Å². The number of nitrogens with zero attached hydrogens (tertiary/aromatic N) is 2. The predicted molar refractivity (Wildman–Crippen MR) is 369 cm³/mol. The van der Waals surface area contributed by atoms with Gasteiger partial charge in [-0.2, -0.15) is 0 Å². The highest BCUT2D eigenvalue weighted by Gasteiger charge is 2.44. The Hall–Kier alpha value is -8.92. The standard InChI is InChI=1S/C82H75BN2/c1-79(2,3)58-40-41-70-73(49-58)85(77-67(53-30-18-14-19-31-53)44-56(52-28-16-13-17-29-52)45-68(77)54-32-20-15-21-33-54)75-51-61(82(10,11)12)50-74-76(75)83(70)71-47-57(55-42-59(80(4,5)6)48-60(43-55)81(7,8)9)46-69-65-37-25-23-35-63(65)62-34-22-24-36-64(62)66-38-26-27-39-72(66)84(74)78(69)71/h13-51H,1-12H3. The smallest absolute Gasteiger partial charge is 0.252 e. The average Bonchev–Trinajstić information content (AvgIpc) is 1.44. The summed E-state index contributed by atoms with van der Waals surface area (Å²) >= 11 is 0. The number of aromatic nitrogens is 1. The summed E-state index contributed by atoms with van der Waals surface area (Å²) in [5.41, 5.74) is 25.3. The normalized spacial score (nSPS) is 13.1. The van der Waals surface area contributed by atoms with Crippen LogP contribution >= 0.6 is 0 Å². The first-order valence-corrected chi connectivity index (χ1v) is 30.6. The molecule has 2 nitrogen and oxygen atoms in total. The Morgan fingerprint density at radius 2 is 0.694 bits per heavy atom. The van der Waals surface area contributed by atoms with Crippen molar-refractivity contribution in [2.45, 2.75) is 105 Å². The van der Waals surface area contributed by atoms with Crippen molar-refractivity contribution >= 4 is 83.5 Å². The molecule has 0 bridgehead atoms. The highest BCUT2D eigenvalue weighted by molar-refractivity contribution is 7.00. The Labute approximate surface area is 503 Å². The number of hydrogen-bond donors (Lipinski definition) is 0. The van der Waals surface area contributed by atoms with Gasteiger partial charge in [-0.05, 0) is 158 Å². The first kappa shape index (κ1) is 54.1. The second kappa shape index (κ2) is 19.9. The van der Waals surface area contributed by atoms with Crippen molar-refractivity contribution in [3.8, 4) is 50.2 Å². The predicted octanol–water partition coefficient (Wildman–Crippen LogP) is 20.7. The third-order valence-corrected chi connectivity index (χ3v) is 18.4. The van der Waals surface area contributed by atoms with Gasteiger partial charge in [-0.3, -0.25) is 0 Å². The third kappa shape index (κ3) is 9.17. The highest BCUT2D eigenvalue weighted by atomic mass is 15.2. The molecule has 2 aliphatic rings. The lowest BCUT2D eigenvalue weighted by atomic mass is 9.33. The van der Waals surface area contributed by atoms with Crippen molar-refractivity contribution in [1.29, 1.82) is 0 Å². The zero-order valence-electron chi connectivity index (χ0n) is 51.5. The van der Waals surface area contributed by atoms with Crippen LogP contribution in [0.1, 0.15) is 105 Å². The van der Waals surface area contributed by atoms with Gasteiger partial charge < -0.3 is 9.47 Å². The molecule has 0 atom stereocenters. The van der Waals surface area contributed by atoms with Crippen molar-refractivity contribution in [2.24, 2.45) is 0 Å². The van der Waals surface area contributed by atoms with Crippen molar-refractivity contribution in [2.75, 3.05) is 4.90 Å². The lowest BCUT2D eigenvalue weighted by Crippen LogP contribution is -2.61. The molecule has 11 aromatic carbocycles. The molecule has 0 unspecified atom stereocenters. The summed E-state index contributed by atoms with van der Waals surface area (Å²) < 4.78 is 2.71. The molecule has 2 aliphatic heterocycles. The van der Waals surface area contributed by atoms with Gasteiger partial charge in [-0.15, -0.1) is 0 Å². The molecule has 0 saturated heterocycles. The van der Waals surface area contributed by atoms with Gasteiger partial charge in [-0.25, -0.2) is 0 Å². The molecule has 0 saturated carbocycles. The first-order valence-electron chi connectivity index (χ1n) is 30.6. The molecule has 12 aromatic rings. The molecule has 3 heteroatoms. The van der Waals surface area contributed by atoms with Gasteiger partial charge in [0.25, 0.3) is 6.71 Å². The number of hydrogen-bond acceptors (Lipinski definition) is 1. The van der Waals surface area contributed by atoms with Crippen molar-refractivity contribution in [3.63, 3.8) is 0 Å². The van der Waals surface area contributed by atoms with Crippen LogP contribution in [-0.4, -0.2) is 11.3 Å². The molecular weight excluding hydrogens is 1020 g/mol. The zero-order valence-corrected chi connectivity index (χ0v) is 51.5. The van der Waals surface area contributed by atoms with Gasteiger partial charge in [0.2, 0.25) is 0 Å². The van der Waals surface area contributed by atoms with Gasteiger partial charge >= 0.3 is 0 Å². The summed E-state index contributed by atoms with van der Waals surface area (Å²) in [6.07, 6.45) is 0. The van der Waals surface area contributed by atoms with E-state index in [0.29, 0.717) is 0 Å². The van der Waals surface area contributed by atoms with Crippen LogP contribution in [0, 0.1) is 0 Å². The van der Waals surface area contributed by atoms with Crippen molar-refractivity contribution in [1.82, 2.24) is 4.57 Å². The van der Waals surface area contributed by atoms with Gasteiger partial charge in [0.05, 0.1) is 11.2 Å². The number of fused-ring (bicyclic) bond motifs is 11. The van der Waals surface area contributed by atoms with Crippen LogP contribution in [0.15, 0.2) is 237 Å². The molecule has 14 rings (SSSR count). The molecule has 0 aliphatic carbocycles. The average molecular weight is 1100 g/mol. The number of para-hydroxylation sites is 1. The van der Waals surface area contributed by atoms with E-state index in [9.17, 15) is 0 Å². The maximum Gasteiger partial charge on any atom is 0.252 e. The second-order valence-electron chi connectivity index (χ2n) is 28.2. The second-order valence-corrected chi connectivity index (χ2v) is 28.2. The maximum atomic E-state index is 2.72. The quantitative estimate of drug-likeness (QED) is 0.156. The summed E-state index contributed by atoms with van der Waals surface area (Å²) in [4.78, 5) is 2.72. The molecule has 3 heterocycles. The number of benzene rings is 11. The Bertz CT molecular complexity index is 4630. The number of anilines is 3. The molecule has 0 fully saturated rings. The van der Waals surface area contributed by atoms with Gasteiger partial charge in [0.1, 0.15) is 0 Å². The monoisotopic (exact) mass is 1100 g/mol. The molecule has 416 valence electrons. The Balaban J connectivity index is 1.24. The van der Waals surface area contributed by atoms with Crippen LogP contribution in [-0.2, 0) is 21.7 Å². The molecule has 1 aromatic heterocycles. The third-order valence-electron chi connectivity index (χ3n) is 18.4. The summed E-state index contributed by atoms with van der Waals surface area (Å²) in [5.74, 6) is 0. The zero-order chi connectivity index (χ0) is 58.9. The van der Waals surface area contributed by atoms with E-state index in [1.165, 1.54) is 138 Å². The van der Waals surface area contributed by atoms with Crippen LogP contribution in [0.3, 0.4) is 0 Å². The largest absolute Gasteiger partial charge is 0.310 e. The van der Waals surface area contributed by atoms with Crippen LogP contribution in [0.2, 0.25) is 0 Å². The van der Waals surface area contributed by atoms with Crippen LogP contribution in [0.25, 0.3) is 93.5 Å². The summed E-state index contributed by atoms with van der Waals surface area (Å²) in [6.45, 7) is 28.3. The fourth-order valence-electron chi connectivity index (χ4n) is 13.7. The van der Waals surface area contributed by atoms with E-state index in [-0.39, 0.29) is 28.4 Å². The van der Waals surface area contributed by atoms with E-state index >= 15 is 0 Å². The minimum absolute atomic E-state index is 0.0751. The molecule has 0 amide bonds. The molecule has 0 N–H and O–H groups in total. The first-order chi connectivity index (χ1) is 40.7. The minimum Gasteiger partial charge on any atom is -0.310 e. The molecule has 0 radical (unpaired) electrons. The van der Waals surface area contributed by atoms with Crippen LogP contribution in [0.4, 0.5) is 17.1 Å². The fourth-order valence-corrected chi connectivity index (χ4v) is 13.7. The van der Waals surface area contributed by atoms with Crippen LogP contribution < -0.4 is 21.3 Å². The van der Waals surface area contributed by atoms with Crippen molar-refractivity contribution in [3.05, 3.63) is 259 Å². The van der Waals surface area contributed by atoms with Gasteiger partial charge in [0, 0.05) is 44.5 Å². The Morgan fingerprint density at radius 3 is 1.22 bits per heavy atom. The van der Waals surface area contributed by atoms with E-state index in [1.54, 1.807) is 0 Å². The van der Waals surface area contributed by atoms with E-state index in [4.69, 9.17) is 0 Å². The maximum absolute atomic E-state index is 2.72. The SMILES string of the molecule is CC(C)(C)c1cc(-c2cc3c4c(c2)c2ccccc2c2ccccc2c2ccccc2n4-c2cc(C(C)(C)C)cc4c2B3c2ccc(C(C)(C)C)cc2N4c2c(-c3ccccc3)cc(-c3ccccc3)cc2-c2ccccc2)cc(C(C)(C)C)c1. The van der Waals surface area contributed by atoms with Crippen molar-refractivity contribution < 1.29 is 0 Å². The van der Waals surface area contributed by atoms with E-state index < -0.39 is 0 Å². The lowest BCUT2D eigenvalue weighted by molar-refractivity contribution is 0.569. The minimum atomic E-state index is -0.240. The summed E-state index contributed by atoms with van der Waals surface area (Å²) in [6, 6.07) is 91.0. The highest BCUT2D eigenvalue weighted by Crippen LogP contribution is 2.52. The summed E-state index contributed by atoms with van der Waals surface area (Å²) in [7, 11) is 0. The Kier molecular flexibility index (Phi) is 12.6. The lowest BCUT2D eigenvalue weighted by Gasteiger charge is -2.44. The van der Waals surface area contributed by atoms with E-state index in [1.807, 2.05) is 0 Å². The summed E-state index contributed by atoms with van der Waals surface area (Å²) in [5, 5.41) is 7.33. The topological polar surface area (TPSA) is 8.17 Å². The fraction of sp³-hybridized carbons (Fsp3) is 0.195. The molecular formula is C82H75BN2. The van der Waals surface area contributed by atoms with E-state index in [0.717, 1.165) is 11.2 Å². The Morgan fingerprint density at radius 1 is 0.282 bits per heavy atom. The molecule has 85 heavy (non-hydrogen) atoms. The number of rotatable bonds is 5. The molecule has 0 spiro atoms.